The van der Waals surface area contributed by atoms with Gasteiger partial charge in [0.1, 0.15) is 11.2 Å². The molecule has 0 fully saturated rings. The highest BCUT2D eigenvalue weighted by molar-refractivity contribution is 7.93. The Morgan fingerprint density at radius 1 is 1.03 bits per heavy atom. The third kappa shape index (κ3) is 3.12. The van der Waals surface area contributed by atoms with Crippen molar-refractivity contribution in [1.29, 1.82) is 0 Å². The molecule has 2 amide bonds. The zero-order chi connectivity index (χ0) is 26.0. The molecule has 1 spiro atoms. The van der Waals surface area contributed by atoms with Crippen molar-refractivity contribution in [2.45, 2.75) is 36.5 Å². The summed E-state index contributed by atoms with van der Waals surface area (Å²) in [5.41, 5.74) is 0.984. The Balaban J connectivity index is 1.84. The molecular weight excluding hydrogens is 479 g/mol. The SMILES string of the molecule is C#C[C@@H]1c2c(C)cccc2N(S(=O)(=O)c2ccc(C)cc2)C(=O)C[C@]12C(=O)N(C)c1ccc(F)cc12. The molecule has 0 aromatic heterocycles. The van der Waals surface area contributed by atoms with Crippen molar-refractivity contribution < 1.29 is 22.4 Å². The zero-order valence-corrected chi connectivity index (χ0v) is 20.8. The number of hydrogen-bond donors (Lipinski definition) is 0. The van der Waals surface area contributed by atoms with Gasteiger partial charge >= 0.3 is 0 Å². The standard InChI is InChI=1S/C28H23FN2O4S/c1-5-21-26-18(3)7-6-8-24(26)31(36(34,35)20-12-9-17(2)10-13-20)25(32)16-28(21)22-15-19(29)11-14-23(22)30(4)27(28)33/h1,6-15,21H,16H2,2-4H3/t21-,28+/m1/s1. The maximum Gasteiger partial charge on any atom is 0.270 e. The summed E-state index contributed by atoms with van der Waals surface area (Å²) in [7, 11) is -2.82. The van der Waals surface area contributed by atoms with Gasteiger partial charge < -0.3 is 4.90 Å². The number of carbonyl (C=O) groups excluding carboxylic acids is 2. The Hall–Kier alpha value is -3.96. The molecule has 0 N–H and O–H groups in total. The maximum absolute atomic E-state index is 14.5. The Morgan fingerprint density at radius 3 is 2.39 bits per heavy atom. The van der Waals surface area contributed by atoms with Crippen LogP contribution in [0.25, 0.3) is 0 Å². The van der Waals surface area contributed by atoms with Crippen LogP contribution in [0.15, 0.2) is 65.6 Å². The second-order valence-electron chi connectivity index (χ2n) is 9.26. The van der Waals surface area contributed by atoms with Crippen molar-refractivity contribution in [2.24, 2.45) is 0 Å². The van der Waals surface area contributed by atoms with Gasteiger partial charge in [-0.3, -0.25) is 9.59 Å². The highest BCUT2D eigenvalue weighted by atomic mass is 32.2. The normalized spacial score (nSPS) is 21.2. The lowest BCUT2D eigenvalue weighted by molar-refractivity contribution is -0.128. The van der Waals surface area contributed by atoms with Gasteiger partial charge in [-0.15, -0.1) is 6.42 Å². The number of hydrogen-bond acceptors (Lipinski definition) is 4. The number of anilines is 2. The number of halogens is 1. The Labute approximate surface area is 209 Å². The minimum Gasteiger partial charge on any atom is -0.314 e. The van der Waals surface area contributed by atoms with Gasteiger partial charge in [0.25, 0.3) is 10.0 Å². The second kappa shape index (κ2) is 8.04. The number of terminal acetylenes is 1. The maximum atomic E-state index is 14.5. The van der Waals surface area contributed by atoms with Crippen LogP contribution in [0, 0.1) is 32.0 Å². The summed E-state index contributed by atoms with van der Waals surface area (Å²) in [6.07, 6.45) is 5.51. The van der Waals surface area contributed by atoms with E-state index in [1.54, 1.807) is 31.2 Å². The fraction of sp³-hybridized carbons (Fsp3) is 0.214. The summed E-state index contributed by atoms with van der Waals surface area (Å²) in [5.74, 6) is -0.227. The molecule has 0 saturated carbocycles. The number of fused-ring (bicyclic) bond motifs is 3. The zero-order valence-electron chi connectivity index (χ0n) is 19.9. The van der Waals surface area contributed by atoms with Crippen LogP contribution < -0.4 is 9.21 Å². The van der Waals surface area contributed by atoms with Gasteiger partial charge in [0.05, 0.1) is 16.5 Å². The minimum absolute atomic E-state index is 0.0663. The van der Waals surface area contributed by atoms with E-state index in [2.05, 4.69) is 5.92 Å². The fourth-order valence-electron chi connectivity index (χ4n) is 5.45. The van der Waals surface area contributed by atoms with Gasteiger partial charge in [0.15, 0.2) is 0 Å². The minimum atomic E-state index is -4.36. The molecule has 2 atom stereocenters. The average molecular weight is 503 g/mol. The summed E-state index contributed by atoms with van der Waals surface area (Å²) < 4.78 is 43.0. The Bertz CT molecular complexity index is 1590. The monoisotopic (exact) mass is 502 g/mol. The van der Waals surface area contributed by atoms with E-state index in [0.29, 0.717) is 16.8 Å². The number of sulfonamides is 1. The van der Waals surface area contributed by atoms with E-state index in [9.17, 15) is 22.4 Å². The molecule has 0 aliphatic carbocycles. The van der Waals surface area contributed by atoms with Gasteiger partial charge in [-0.05, 0) is 66.9 Å². The first-order chi connectivity index (χ1) is 17.0. The van der Waals surface area contributed by atoms with Crippen LogP contribution in [-0.4, -0.2) is 27.3 Å². The van der Waals surface area contributed by atoms with Crippen LogP contribution in [0.4, 0.5) is 15.8 Å². The molecule has 0 unspecified atom stereocenters. The van der Waals surface area contributed by atoms with Crippen molar-refractivity contribution in [2.75, 3.05) is 16.3 Å². The molecule has 0 saturated heterocycles. The third-order valence-corrected chi connectivity index (χ3v) is 8.92. The van der Waals surface area contributed by atoms with Gasteiger partial charge in [0, 0.05) is 19.2 Å². The predicted molar refractivity (Wildman–Crippen MR) is 135 cm³/mol. The van der Waals surface area contributed by atoms with Crippen LogP contribution in [0.1, 0.15) is 34.6 Å². The quantitative estimate of drug-likeness (QED) is 0.493. The first-order valence-corrected chi connectivity index (χ1v) is 12.8. The molecule has 6 nitrogen and oxygen atoms in total. The summed E-state index contributed by atoms with van der Waals surface area (Å²) in [6, 6.07) is 15.0. The highest BCUT2D eigenvalue weighted by Gasteiger charge is 2.59. The number of nitrogens with zero attached hydrogens (tertiary/aromatic N) is 2. The number of likely N-dealkylation sites (N-methyl/N-ethyl adjacent to an activating group) is 1. The number of rotatable bonds is 2. The van der Waals surface area contributed by atoms with Crippen molar-refractivity contribution in [3.8, 4) is 12.3 Å². The van der Waals surface area contributed by atoms with E-state index in [1.807, 2.05) is 6.92 Å². The van der Waals surface area contributed by atoms with E-state index in [0.717, 1.165) is 9.87 Å². The van der Waals surface area contributed by atoms with Crippen LogP contribution in [0.5, 0.6) is 0 Å². The van der Waals surface area contributed by atoms with Crippen LogP contribution >= 0.6 is 0 Å². The topological polar surface area (TPSA) is 74.8 Å². The van der Waals surface area contributed by atoms with E-state index in [4.69, 9.17) is 6.42 Å². The van der Waals surface area contributed by atoms with E-state index >= 15 is 0 Å². The highest BCUT2D eigenvalue weighted by Crippen LogP contribution is 2.56. The summed E-state index contributed by atoms with van der Waals surface area (Å²) in [5, 5.41) is 0. The van der Waals surface area contributed by atoms with Crippen LogP contribution in [0.3, 0.4) is 0 Å². The smallest absolute Gasteiger partial charge is 0.270 e. The second-order valence-corrected chi connectivity index (χ2v) is 11.0. The van der Waals surface area contributed by atoms with Crippen molar-refractivity contribution in [1.82, 2.24) is 0 Å². The lowest BCUT2D eigenvalue weighted by Gasteiger charge is -2.32. The Kier molecular flexibility index (Phi) is 5.31. The largest absolute Gasteiger partial charge is 0.314 e. The van der Waals surface area contributed by atoms with Gasteiger partial charge in [0.2, 0.25) is 11.8 Å². The predicted octanol–water partition coefficient (Wildman–Crippen LogP) is 4.20. The van der Waals surface area contributed by atoms with Crippen LogP contribution in [0.2, 0.25) is 0 Å². The van der Waals surface area contributed by atoms with E-state index < -0.39 is 45.4 Å². The summed E-state index contributed by atoms with van der Waals surface area (Å²) in [6.45, 7) is 3.57. The van der Waals surface area contributed by atoms with E-state index in [1.165, 1.54) is 48.3 Å². The molecule has 3 aromatic rings. The Morgan fingerprint density at radius 2 is 1.72 bits per heavy atom. The molecule has 0 bridgehead atoms. The molecule has 8 heteroatoms. The molecule has 0 radical (unpaired) electrons. The first kappa shape index (κ1) is 23.8. The number of aryl methyl sites for hydroxylation is 2. The number of amides is 2. The molecule has 2 heterocycles. The molecule has 5 rings (SSSR count). The van der Waals surface area contributed by atoms with Gasteiger partial charge in [-0.25, -0.2) is 17.1 Å². The summed E-state index contributed by atoms with van der Waals surface area (Å²) in [4.78, 5) is 29.1. The molecule has 3 aromatic carbocycles. The van der Waals surface area contributed by atoms with Gasteiger partial charge in [-0.2, -0.15) is 0 Å². The molecule has 2 aliphatic heterocycles. The third-order valence-electron chi connectivity index (χ3n) is 7.17. The molecular formula is C28H23FN2O4S. The lowest BCUT2D eigenvalue weighted by Crippen LogP contribution is -2.46. The van der Waals surface area contributed by atoms with Gasteiger partial charge in [-0.1, -0.05) is 35.7 Å². The summed E-state index contributed by atoms with van der Waals surface area (Å²) >= 11 is 0. The molecule has 182 valence electrons. The van der Waals surface area contributed by atoms with Crippen LogP contribution in [-0.2, 0) is 25.0 Å². The van der Waals surface area contributed by atoms with Crippen molar-refractivity contribution in [3.63, 3.8) is 0 Å². The number of benzene rings is 3. The fourth-order valence-corrected chi connectivity index (χ4v) is 6.89. The number of carbonyl (C=O) groups is 2. The average Bonchev–Trinajstić information content (AvgIpc) is 2.96. The van der Waals surface area contributed by atoms with E-state index in [-0.39, 0.29) is 16.1 Å². The van der Waals surface area contributed by atoms with Crippen molar-refractivity contribution in [3.05, 3.63) is 88.7 Å². The van der Waals surface area contributed by atoms with Crippen molar-refractivity contribution >= 4 is 33.2 Å². The first-order valence-electron chi connectivity index (χ1n) is 11.3. The molecule has 2 aliphatic rings. The lowest BCUT2D eigenvalue weighted by atomic mass is 9.66. The molecule has 36 heavy (non-hydrogen) atoms.